The molecule has 1 aliphatic heterocycles. The topological polar surface area (TPSA) is 53.4 Å². The van der Waals surface area contributed by atoms with Crippen molar-refractivity contribution < 1.29 is 9.90 Å². The van der Waals surface area contributed by atoms with Gasteiger partial charge in [-0.15, -0.1) is 0 Å². The Morgan fingerprint density at radius 1 is 1.29 bits per heavy atom. The Morgan fingerprint density at radius 2 is 2.08 bits per heavy atom. The van der Waals surface area contributed by atoms with Gasteiger partial charge in [0.1, 0.15) is 0 Å². The van der Waals surface area contributed by atoms with E-state index in [0.29, 0.717) is 13.0 Å². The van der Waals surface area contributed by atoms with Crippen LogP contribution in [0, 0.1) is 6.92 Å². The summed E-state index contributed by atoms with van der Waals surface area (Å²) < 4.78 is 0. The van der Waals surface area contributed by atoms with Crippen LogP contribution in [0.25, 0.3) is 0 Å². The molecule has 0 spiro atoms. The van der Waals surface area contributed by atoms with Gasteiger partial charge in [-0.1, -0.05) is 30.3 Å². The molecule has 4 nitrogen and oxygen atoms in total. The van der Waals surface area contributed by atoms with E-state index in [2.05, 4.69) is 17.1 Å². The van der Waals surface area contributed by atoms with Crippen LogP contribution >= 0.6 is 0 Å². The summed E-state index contributed by atoms with van der Waals surface area (Å²) >= 11 is 0. The zero-order chi connectivity index (χ0) is 17.0. The van der Waals surface area contributed by atoms with Crippen molar-refractivity contribution in [1.82, 2.24) is 9.88 Å². The summed E-state index contributed by atoms with van der Waals surface area (Å²) in [6, 6.07) is 12.0. The molecule has 0 aliphatic carbocycles. The summed E-state index contributed by atoms with van der Waals surface area (Å²) in [5.74, 6) is 0.123. The molecule has 3 rings (SSSR count). The van der Waals surface area contributed by atoms with E-state index in [9.17, 15) is 9.90 Å². The zero-order valence-corrected chi connectivity index (χ0v) is 14.1. The van der Waals surface area contributed by atoms with Gasteiger partial charge in [0.2, 0.25) is 5.91 Å². The quantitative estimate of drug-likeness (QED) is 0.940. The van der Waals surface area contributed by atoms with E-state index < -0.39 is 0 Å². The molecule has 0 saturated carbocycles. The van der Waals surface area contributed by atoms with Crippen molar-refractivity contribution in [1.29, 1.82) is 0 Å². The lowest BCUT2D eigenvalue weighted by atomic mass is 9.74. The van der Waals surface area contributed by atoms with E-state index in [4.69, 9.17) is 0 Å². The molecule has 24 heavy (non-hydrogen) atoms. The number of likely N-dealkylation sites (tertiary alicyclic amines) is 1. The molecule has 1 fully saturated rings. The third-order valence-electron chi connectivity index (χ3n) is 5.10. The van der Waals surface area contributed by atoms with E-state index in [-0.39, 0.29) is 17.9 Å². The Balaban J connectivity index is 1.77. The maximum Gasteiger partial charge on any atom is 0.227 e. The van der Waals surface area contributed by atoms with Gasteiger partial charge in [0, 0.05) is 30.9 Å². The van der Waals surface area contributed by atoms with Crippen LogP contribution in [-0.2, 0) is 16.6 Å². The smallest absolute Gasteiger partial charge is 0.227 e. The van der Waals surface area contributed by atoms with Crippen molar-refractivity contribution in [3.63, 3.8) is 0 Å². The molecule has 1 unspecified atom stereocenters. The van der Waals surface area contributed by atoms with E-state index in [1.54, 1.807) is 12.4 Å². The molecule has 1 aromatic carbocycles. The Morgan fingerprint density at radius 3 is 2.79 bits per heavy atom. The van der Waals surface area contributed by atoms with Gasteiger partial charge >= 0.3 is 0 Å². The van der Waals surface area contributed by atoms with Gasteiger partial charge in [0.25, 0.3) is 0 Å². The van der Waals surface area contributed by atoms with Crippen LogP contribution in [0.3, 0.4) is 0 Å². The summed E-state index contributed by atoms with van der Waals surface area (Å²) in [4.78, 5) is 18.8. The molecule has 2 heterocycles. The van der Waals surface area contributed by atoms with Gasteiger partial charge in [-0.2, -0.15) is 0 Å². The maximum atomic E-state index is 12.8. The van der Waals surface area contributed by atoms with Crippen LogP contribution in [0.5, 0.6) is 0 Å². The Kier molecular flexibility index (Phi) is 4.95. The molecule has 2 aromatic rings. The Hall–Kier alpha value is -2.20. The van der Waals surface area contributed by atoms with Crippen molar-refractivity contribution >= 4 is 5.91 Å². The van der Waals surface area contributed by atoms with Crippen LogP contribution in [-0.4, -0.2) is 40.6 Å². The minimum absolute atomic E-state index is 0.0646. The summed E-state index contributed by atoms with van der Waals surface area (Å²) in [6.07, 6.45) is 5.74. The van der Waals surface area contributed by atoms with Crippen molar-refractivity contribution in [3.8, 4) is 0 Å². The highest BCUT2D eigenvalue weighted by Crippen LogP contribution is 2.34. The minimum atomic E-state index is -0.345. The first-order valence-corrected chi connectivity index (χ1v) is 8.48. The van der Waals surface area contributed by atoms with Crippen molar-refractivity contribution in [2.24, 2.45) is 0 Å². The number of piperidine rings is 1. The number of carbonyl (C=O) groups excluding carboxylic acids is 1. The molecule has 1 saturated heterocycles. The lowest BCUT2D eigenvalue weighted by Crippen LogP contribution is -2.50. The predicted octanol–water partition coefficient (Wildman–Crippen LogP) is 2.49. The molecule has 1 aromatic heterocycles. The number of hydrogen-bond donors (Lipinski definition) is 1. The second-order valence-electron chi connectivity index (χ2n) is 6.70. The number of rotatable bonds is 4. The normalized spacial score (nSPS) is 20.8. The third kappa shape index (κ3) is 3.34. The number of aromatic nitrogens is 1. The molecule has 126 valence electrons. The number of amides is 1. The van der Waals surface area contributed by atoms with E-state index in [0.717, 1.165) is 36.1 Å². The lowest BCUT2D eigenvalue weighted by molar-refractivity contribution is -0.133. The molecule has 0 bridgehead atoms. The van der Waals surface area contributed by atoms with Crippen molar-refractivity contribution in [3.05, 3.63) is 65.5 Å². The summed E-state index contributed by atoms with van der Waals surface area (Å²) in [6.45, 7) is 3.39. The second-order valence-corrected chi connectivity index (χ2v) is 6.70. The monoisotopic (exact) mass is 324 g/mol. The van der Waals surface area contributed by atoms with Gasteiger partial charge in [-0.3, -0.25) is 9.78 Å². The second kappa shape index (κ2) is 7.14. The van der Waals surface area contributed by atoms with Gasteiger partial charge in [0.15, 0.2) is 0 Å². The van der Waals surface area contributed by atoms with E-state index >= 15 is 0 Å². The number of aliphatic hydroxyl groups is 1. The molecular weight excluding hydrogens is 300 g/mol. The van der Waals surface area contributed by atoms with Gasteiger partial charge in [0.05, 0.1) is 13.0 Å². The number of hydrogen-bond acceptors (Lipinski definition) is 3. The average Bonchev–Trinajstić information content (AvgIpc) is 2.64. The van der Waals surface area contributed by atoms with Gasteiger partial charge in [-0.25, -0.2) is 0 Å². The minimum Gasteiger partial charge on any atom is -0.395 e. The maximum absolute atomic E-state index is 12.8. The number of nitrogens with zero attached hydrogens (tertiary/aromatic N) is 2. The molecular formula is C20H24N2O2. The van der Waals surface area contributed by atoms with E-state index in [1.807, 2.05) is 36.1 Å². The van der Waals surface area contributed by atoms with Gasteiger partial charge in [-0.05, 0) is 42.5 Å². The molecule has 1 amide bonds. The molecule has 1 atom stereocenters. The Labute approximate surface area is 143 Å². The number of carbonyl (C=O) groups is 1. The number of aryl methyl sites for hydroxylation is 1. The van der Waals surface area contributed by atoms with Crippen LogP contribution in [0.2, 0.25) is 0 Å². The standard InChI is InChI=1S/C20H24N2O2/c1-16-13-21-10-8-17(16)12-19(24)22-11-5-9-20(14-22,15-23)18-6-3-2-4-7-18/h2-4,6-8,10,13,23H,5,9,11-12,14-15H2,1H3. The third-order valence-corrected chi connectivity index (χ3v) is 5.10. The SMILES string of the molecule is Cc1cnccc1CC(=O)N1CCCC(CO)(c2ccccc2)C1. The molecule has 4 heteroatoms. The average molecular weight is 324 g/mol. The predicted molar refractivity (Wildman–Crippen MR) is 93.7 cm³/mol. The highest BCUT2D eigenvalue weighted by Gasteiger charge is 2.38. The van der Waals surface area contributed by atoms with Crippen LogP contribution in [0.15, 0.2) is 48.8 Å². The zero-order valence-electron chi connectivity index (χ0n) is 14.1. The number of aliphatic hydroxyl groups excluding tert-OH is 1. The first-order valence-electron chi connectivity index (χ1n) is 8.48. The number of benzene rings is 1. The molecule has 1 aliphatic rings. The molecule has 0 radical (unpaired) electrons. The Bertz CT molecular complexity index is 702. The lowest BCUT2D eigenvalue weighted by Gasteiger charge is -2.42. The molecule has 1 N–H and O–H groups in total. The highest BCUT2D eigenvalue weighted by atomic mass is 16.3. The fraction of sp³-hybridized carbons (Fsp3) is 0.400. The van der Waals surface area contributed by atoms with E-state index in [1.165, 1.54) is 0 Å². The van der Waals surface area contributed by atoms with Gasteiger partial charge < -0.3 is 10.0 Å². The fourth-order valence-electron chi connectivity index (χ4n) is 3.57. The van der Waals surface area contributed by atoms with Crippen LogP contribution < -0.4 is 0 Å². The first kappa shape index (κ1) is 16.7. The fourth-order valence-corrected chi connectivity index (χ4v) is 3.57. The summed E-state index contributed by atoms with van der Waals surface area (Å²) in [5, 5.41) is 10.1. The van der Waals surface area contributed by atoms with Crippen LogP contribution in [0.4, 0.5) is 0 Å². The first-order chi connectivity index (χ1) is 11.6. The number of pyridine rings is 1. The van der Waals surface area contributed by atoms with Crippen LogP contribution in [0.1, 0.15) is 29.5 Å². The summed E-state index contributed by atoms with van der Waals surface area (Å²) in [5.41, 5.74) is 2.84. The summed E-state index contributed by atoms with van der Waals surface area (Å²) in [7, 11) is 0. The van der Waals surface area contributed by atoms with Crippen molar-refractivity contribution in [2.75, 3.05) is 19.7 Å². The highest BCUT2D eigenvalue weighted by molar-refractivity contribution is 5.79. The largest absolute Gasteiger partial charge is 0.395 e. The van der Waals surface area contributed by atoms with Crippen molar-refractivity contribution in [2.45, 2.75) is 31.6 Å².